The van der Waals surface area contributed by atoms with Crippen LogP contribution >= 0.6 is 11.6 Å². The van der Waals surface area contributed by atoms with Crippen LogP contribution in [0.2, 0.25) is 5.15 Å². The SMILES string of the molecule is C/C=C\[C@H]1C[C@H]2C(=O)O[C@H](C)[C@@H](NC(=O)[C@H](CCC[N+](=O)[O-])NC(=O)c3ccc(Cl)n3O)C(=O)N[C@@H]([C@H](C)c3ccccc3)C(=O)N[C@H](C[C@H]3C[C@@H]3[N+](=O)[O-])C(=O)NC([C@H](C)c3ccccc3)C(=O)N[C@@H]([C@@H](C)CC)C(=O)N2C1. The minimum Gasteiger partial charge on any atom is -0.458 e. The second kappa shape index (κ2) is 27.1. The Morgan fingerprint density at radius 3 is 1.95 bits per heavy atom. The van der Waals surface area contributed by atoms with Crippen LogP contribution in [0.15, 0.2) is 84.9 Å². The number of benzene rings is 2. The van der Waals surface area contributed by atoms with Crippen LogP contribution in [0.4, 0.5) is 0 Å². The normalized spacial score (nSPS) is 26.7. The van der Waals surface area contributed by atoms with Gasteiger partial charge < -0.3 is 46.7 Å². The third-order valence-corrected chi connectivity index (χ3v) is 15.4. The smallest absolute Gasteiger partial charge is 0.329 e. The van der Waals surface area contributed by atoms with Gasteiger partial charge in [0, 0.05) is 47.0 Å². The fraction of sp³-hybridized carbons (Fsp3) is 0.519. The zero-order valence-electron chi connectivity index (χ0n) is 44.7. The molecular formula is C54H69ClN10O14. The summed E-state index contributed by atoms with van der Waals surface area (Å²) in [5.74, 6) is -11.0. The van der Waals surface area contributed by atoms with Gasteiger partial charge in [0.25, 0.3) is 5.91 Å². The molecule has 2 aliphatic heterocycles. The Hall–Kier alpha value is -7.89. The number of carbonyl (C=O) groups excluding carboxylic acids is 8. The van der Waals surface area contributed by atoms with Gasteiger partial charge in [0.1, 0.15) is 59.2 Å². The quantitative estimate of drug-likeness (QED) is 0.0316. The van der Waals surface area contributed by atoms with Gasteiger partial charge >= 0.3 is 5.97 Å². The summed E-state index contributed by atoms with van der Waals surface area (Å²) >= 11 is 5.95. The number of fused-ring (bicyclic) bond motifs is 1. The van der Waals surface area contributed by atoms with E-state index in [1.165, 1.54) is 17.9 Å². The van der Waals surface area contributed by atoms with Crippen molar-refractivity contribution in [2.45, 2.75) is 146 Å². The van der Waals surface area contributed by atoms with Crippen molar-refractivity contribution < 1.29 is 58.1 Å². The molecule has 14 atom stereocenters. The zero-order valence-corrected chi connectivity index (χ0v) is 45.5. The van der Waals surface area contributed by atoms with Gasteiger partial charge in [-0.2, -0.15) is 4.73 Å². The third kappa shape index (κ3) is 15.2. The molecule has 1 saturated carbocycles. The number of nitrogens with one attached hydrogen (secondary N) is 6. The molecule has 3 aromatic rings. The predicted octanol–water partition coefficient (Wildman–Crippen LogP) is 3.41. The lowest BCUT2D eigenvalue weighted by atomic mass is 9.90. The first-order valence-electron chi connectivity index (χ1n) is 26.4. The number of rotatable bonds is 18. The van der Waals surface area contributed by atoms with Crippen molar-refractivity contribution >= 4 is 58.9 Å². The van der Waals surface area contributed by atoms with Gasteiger partial charge in [0.15, 0.2) is 0 Å². The first-order chi connectivity index (χ1) is 37.5. The minimum atomic E-state index is -1.93. The van der Waals surface area contributed by atoms with Gasteiger partial charge in [-0.25, -0.2) is 4.79 Å². The Balaban J connectivity index is 1.48. The van der Waals surface area contributed by atoms with Gasteiger partial charge in [-0.05, 0) is 68.2 Å². The van der Waals surface area contributed by atoms with E-state index in [9.17, 15) is 49.4 Å². The van der Waals surface area contributed by atoms with Crippen LogP contribution in [0, 0.1) is 38.0 Å². The van der Waals surface area contributed by atoms with Crippen LogP contribution in [0.1, 0.15) is 114 Å². The van der Waals surface area contributed by atoms with Gasteiger partial charge in [0.05, 0.1) is 0 Å². The average molecular weight is 1120 g/mol. The summed E-state index contributed by atoms with van der Waals surface area (Å²) < 4.78 is 6.39. The van der Waals surface area contributed by atoms with Crippen molar-refractivity contribution in [1.29, 1.82) is 0 Å². The molecule has 0 radical (unpaired) electrons. The summed E-state index contributed by atoms with van der Waals surface area (Å²) in [5.41, 5.74) is 0.705. The van der Waals surface area contributed by atoms with Crippen molar-refractivity contribution in [2.75, 3.05) is 13.1 Å². The topological polar surface area (TPSA) is 333 Å². The molecule has 2 aromatic carbocycles. The summed E-state index contributed by atoms with van der Waals surface area (Å²) in [4.78, 5) is 141. The number of nitrogens with zero attached hydrogens (tertiary/aromatic N) is 4. The average Bonchev–Trinajstić information content (AvgIpc) is 3.99. The summed E-state index contributed by atoms with van der Waals surface area (Å²) in [6.45, 7) is 9.21. The summed E-state index contributed by atoms with van der Waals surface area (Å²) in [6.07, 6.45) is 1.46. The molecule has 0 bridgehead atoms. The number of hydrogen-bond donors (Lipinski definition) is 7. The standard InChI is InChI=1S/C54H69ClN10O14/c1-7-16-33-25-41-54(73)79-32(6)46(61-47(66)37(21-15-24-63(74)75)56-49(68)39-22-23-42(55)64(39)76)52(71)60-44(30(4)34-17-11-9-12-18-34)50(69)57-38(26-36-27-40(36)65(77)78)48(67)59-45(31(5)35-19-13-10-14-20-35)51(70)58-43(29(3)8-2)53(72)62(41)28-33/h7,9-14,16-20,22-23,29-33,36-38,40-41,43-46,76H,8,15,21,24-28H2,1-6H3,(H,56,68)(H,57,69)(H,58,70)(H,59,67)(H,60,71)(H,61,66)/b16-7-/t29-,30+,31+,32+,33-,36-,37-,38+,40-,41-,43-,44-,45?,46+/m0/s1. The molecule has 3 fully saturated rings. The highest BCUT2D eigenvalue weighted by Gasteiger charge is 2.51. The number of amides is 7. The van der Waals surface area contributed by atoms with Gasteiger partial charge in [-0.1, -0.05) is 119 Å². The lowest BCUT2D eigenvalue weighted by Gasteiger charge is -2.34. The lowest BCUT2D eigenvalue weighted by molar-refractivity contribution is -0.498. The fourth-order valence-electron chi connectivity index (χ4n) is 10.1. The molecule has 3 heterocycles. The molecule has 79 heavy (non-hydrogen) atoms. The van der Waals surface area contributed by atoms with Crippen LogP contribution < -0.4 is 31.9 Å². The van der Waals surface area contributed by atoms with Crippen molar-refractivity contribution in [1.82, 2.24) is 41.5 Å². The number of cyclic esters (lactones) is 1. The number of halogens is 1. The zero-order chi connectivity index (χ0) is 57.8. The molecule has 7 N–H and O–H groups in total. The van der Waals surface area contributed by atoms with Crippen molar-refractivity contribution in [3.05, 3.63) is 127 Å². The Bertz CT molecular complexity index is 2760. The van der Waals surface area contributed by atoms with E-state index in [1.807, 2.05) is 0 Å². The first kappa shape index (κ1) is 60.3. The minimum absolute atomic E-state index is 0.00382. The van der Waals surface area contributed by atoms with Crippen molar-refractivity contribution in [2.24, 2.45) is 17.8 Å². The maximum atomic E-state index is 15.1. The number of esters is 1. The fourth-order valence-corrected chi connectivity index (χ4v) is 10.3. The van der Waals surface area contributed by atoms with Crippen molar-refractivity contribution in [3.8, 4) is 0 Å². The predicted molar refractivity (Wildman–Crippen MR) is 285 cm³/mol. The molecule has 25 heteroatoms. The lowest BCUT2D eigenvalue weighted by Crippen LogP contribution is -2.62. The highest BCUT2D eigenvalue weighted by atomic mass is 35.5. The summed E-state index contributed by atoms with van der Waals surface area (Å²) in [6, 6.07) is 7.67. The monoisotopic (exact) mass is 1120 g/mol. The Kier molecular flexibility index (Phi) is 20.7. The van der Waals surface area contributed by atoms with Crippen LogP contribution in [0.3, 0.4) is 0 Å². The molecule has 1 unspecified atom stereocenters. The molecule has 0 spiro atoms. The molecule has 1 aliphatic carbocycles. The highest BCUT2D eigenvalue weighted by molar-refractivity contribution is 6.30. The summed E-state index contributed by atoms with van der Waals surface area (Å²) in [7, 11) is 0. The molecule has 1 aromatic heterocycles. The van der Waals surface area contributed by atoms with E-state index in [1.54, 1.807) is 107 Å². The van der Waals surface area contributed by atoms with E-state index >= 15 is 14.4 Å². The number of aromatic nitrogens is 1. The Morgan fingerprint density at radius 1 is 0.835 bits per heavy atom. The second-order valence-corrected chi connectivity index (χ2v) is 21.0. The molecule has 426 valence electrons. The van der Waals surface area contributed by atoms with Gasteiger partial charge in [-0.15, -0.1) is 0 Å². The molecule has 6 rings (SSSR count). The number of carbonyl (C=O) groups is 8. The number of hydrogen-bond acceptors (Lipinski definition) is 14. The maximum absolute atomic E-state index is 15.1. The molecule has 7 amide bonds. The van der Waals surface area contributed by atoms with Crippen LogP contribution in [0.25, 0.3) is 0 Å². The Labute approximate surface area is 461 Å². The van der Waals surface area contributed by atoms with E-state index < -0.39 is 153 Å². The molecular weight excluding hydrogens is 1050 g/mol. The third-order valence-electron chi connectivity index (χ3n) is 15.1. The van der Waals surface area contributed by atoms with Crippen LogP contribution in [-0.2, 0) is 38.3 Å². The molecule has 3 aliphatic rings. The van der Waals surface area contributed by atoms with Crippen LogP contribution in [-0.4, -0.2) is 140 Å². The maximum Gasteiger partial charge on any atom is 0.329 e. The van der Waals surface area contributed by atoms with E-state index in [-0.39, 0.29) is 43.8 Å². The van der Waals surface area contributed by atoms with Crippen molar-refractivity contribution in [3.63, 3.8) is 0 Å². The van der Waals surface area contributed by atoms with Gasteiger partial charge in [0.2, 0.25) is 48.0 Å². The Morgan fingerprint density at radius 2 is 1.42 bits per heavy atom. The first-order valence-corrected chi connectivity index (χ1v) is 26.8. The van der Waals surface area contributed by atoms with E-state index in [2.05, 4.69) is 31.9 Å². The summed E-state index contributed by atoms with van der Waals surface area (Å²) in [5, 5.41) is 49.5. The number of ether oxygens (including phenoxy) is 1. The van der Waals surface area contributed by atoms with E-state index in [4.69, 9.17) is 16.3 Å². The highest BCUT2D eigenvalue weighted by Crippen LogP contribution is 2.37. The van der Waals surface area contributed by atoms with E-state index in [0.717, 1.165) is 6.07 Å². The van der Waals surface area contributed by atoms with Crippen LogP contribution in [0.5, 0.6) is 0 Å². The second-order valence-electron chi connectivity index (χ2n) is 20.6. The number of nitro groups is 2. The molecule has 2 saturated heterocycles. The number of allylic oxidation sites excluding steroid dienone is 1. The van der Waals surface area contributed by atoms with E-state index in [0.29, 0.717) is 22.3 Å². The molecule has 24 nitrogen and oxygen atoms in total. The van der Waals surface area contributed by atoms with Gasteiger partial charge in [-0.3, -0.25) is 53.8 Å². The largest absolute Gasteiger partial charge is 0.458 e.